The van der Waals surface area contributed by atoms with Gasteiger partial charge in [0.15, 0.2) is 6.61 Å². The van der Waals surface area contributed by atoms with E-state index >= 15 is 0 Å². The number of carbonyl (C=O) groups excluding carboxylic acids is 1. The van der Waals surface area contributed by atoms with Crippen LogP contribution in [-0.4, -0.2) is 16.1 Å². The molecule has 0 saturated heterocycles. The van der Waals surface area contributed by atoms with Gasteiger partial charge in [0.25, 0.3) is 5.89 Å². The lowest BCUT2D eigenvalue weighted by Crippen LogP contribution is -2.09. The van der Waals surface area contributed by atoms with Crippen molar-refractivity contribution in [3.8, 4) is 11.4 Å². The molecule has 0 unspecified atom stereocenters. The molecule has 4 rings (SSSR count). The highest BCUT2D eigenvalue weighted by molar-refractivity contribution is 6.30. The monoisotopic (exact) mass is 390 g/mol. The van der Waals surface area contributed by atoms with E-state index in [0.717, 1.165) is 0 Å². The Morgan fingerprint density at radius 1 is 1.22 bits per heavy atom. The maximum atomic E-state index is 13.8. The molecular weight excluding hydrogens is 378 g/mol. The summed E-state index contributed by atoms with van der Waals surface area (Å²) in [6.45, 7) is -0.213. The summed E-state index contributed by atoms with van der Waals surface area (Å²) in [4.78, 5) is 16.3. The zero-order valence-electron chi connectivity index (χ0n) is 13.9. The van der Waals surface area contributed by atoms with Gasteiger partial charge in [-0.1, -0.05) is 35.0 Å². The Kier molecular flexibility index (Phi) is 4.61. The van der Waals surface area contributed by atoms with E-state index in [-0.39, 0.29) is 18.1 Å². The van der Waals surface area contributed by atoms with E-state index in [9.17, 15) is 13.6 Å². The predicted molar refractivity (Wildman–Crippen MR) is 91.7 cm³/mol. The second-order valence-electron chi connectivity index (χ2n) is 6.21. The van der Waals surface area contributed by atoms with Crippen LogP contribution in [0, 0.1) is 17.6 Å². The van der Waals surface area contributed by atoms with Crippen LogP contribution >= 0.6 is 11.6 Å². The van der Waals surface area contributed by atoms with Gasteiger partial charge in [0.2, 0.25) is 5.82 Å². The van der Waals surface area contributed by atoms with Crippen LogP contribution < -0.4 is 0 Å². The maximum Gasteiger partial charge on any atom is 0.310 e. The highest BCUT2D eigenvalue weighted by Crippen LogP contribution is 2.49. The summed E-state index contributed by atoms with van der Waals surface area (Å²) in [6, 6.07) is 10.6. The van der Waals surface area contributed by atoms with Gasteiger partial charge in [-0.15, -0.1) is 0 Å². The second kappa shape index (κ2) is 7.08. The van der Waals surface area contributed by atoms with Crippen molar-refractivity contribution in [3.05, 3.63) is 70.6 Å². The van der Waals surface area contributed by atoms with Crippen molar-refractivity contribution < 1.29 is 22.8 Å². The largest absolute Gasteiger partial charge is 0.455 e. The first-order valence-electron chi connectivity index (χ1n) is 8.22. The second-order valence-corrected chi connectivity index (χ2v) is 6.65. The van der Waals surface area contributed by atoms with Crippen LogP contribution in [0.3, 0.4) is 0 Å². The van der Waals surface area contributed by atoms with Gasteiger partial charge in [0.1, 0.15) is 11.6 Å². The molecule has 1 saturated carbocycles. The molecule has 0 bridgehead atoms. The SMILES string of the molecule is O=C(OCc1nc(-c2cccc(Cl)c2)no1)[C@H]1C[C@@H]1c1c(F)cccc1F. The highest BCUT2D eigenvalue weighted by atomic mass is 35.5. The van der Waals surface area contributed by atoms with Crippen molar-refractivity contribution >= 4 is 17.6 Å². The number of aromatic nitrogens is 2. The van der Waals surface area contributed by atoms with Gasteiger partial charge in [-0.05, 0) is 30.7 Å². The predicted octanol–water partition coefficient (Wildman–Crippen LogP) is 4.52. The minimum Gasteiger partial charge on any atom is -0.455 e. The van der Waals surface area contributed by atoms with E-state index in [1.807, 2.05) is 0 Å². The topological polar surface area (TPSA) is 65.2 Å². The smallest absolute Gasteiger partial charge is 0.310 e. The Labute approximate surface area is 157 Å². The third-order valence-electron chi connectivity index (χ3n) is 4.35. The molecule has 0 amide bonds. The Morgan fingerprint density at radius 2 is 1.96 bits per heavy atom. The molecule has 2 aromatic carbocycles. The number of ether oxygens (including phenoxy) is 1. The first kappa shape index (κ1) is 17.6. The van der Waals surface area contributed by atoms with Crippen molar-refractivity contribution in [3.63, 3.8) is 0 Å². The summed E-state index contributed by atoms with van der Waals surface area (Å²) in [6.07, 6.45) is 0.342. The zero-order valence-corrected chi connectivity index (χ0v) is 14.6. The standard InChI is InChI=1S/C19H13ClF2N2O3/c20-11-4-1-3-10(7-11)18-23-16(27-24-18)9-26-19(25)13-8-12(13)17-14(21)5-2-6-15(17)22/h1-7,12-13H,8-9H2/t12-,13-/m0/s1. The lowest BCUT2D eigenvalue weighted by Gasteiger charge is -2.04. The molecule has 0 aliphatic heterocycles. The first-order valence-corrected chi connectivity index (χ1v) is 8.60. The zero-order chi connectivity index (χ0) is 19.0. The van der Waals surface area contributed by atoms with E-state index in [2.05, 4.69) is 10.1 Å². The van der Waals surface area contributed by atoms with E-state index < -0.39 is 29.4 Å². The van der Waals surface area contributed by atoms with Crippen LogP contribution in [0.2, 0.25) is 5.02 Å². The summed E-state index contributed by atoms with van der Waals surface area (Å²) >= 11 is 5.92. The molecule has 138 valence electrons. The number of halogens is 3. The third-order valence-corrected chi connectivity index (χ3v) is 4.59. The molecule has 1 aliphatic carbocycles. The fourth-order valence-corrected chi connectivity index (χ4v) is 3.13. The van der Waals surface area contributed by atoms with Crippen molar-refractivity contribution in [1.82, 2.24) is 10.1 Å². The molecule has 27 heavy (non-hydrogen) atoms. The normalized spacial score (nSPS) is 18.3. The minimum absolute atomic E-state index is 0.0690. The van der Waals surface area contributed by atoms with Crippen molar-refractivity contribution in [1.29, 1.82) is 0 Å². The lowest BCUT2D eigenvalue weighted by atomic mass is 10.1. The van der Waals surface area contributed by atoms with Crippen molar-refractivity contribution in [2.45, 2.75) is 18.9 Å². The van der Waals surface area contributed by atoms with Gasteiger partial charge in [0.05, 0.1) is 5.92 Å². The average molecular weight is 391 g/mol. The number of carbonyl (C=O) groups is 1. The van der Waals surface area contributed by atoms with Crippen molar-refractivity contribution in [2.75, 3.05) is 0 Å². The Bertz CT molecular complexity index is 988. The Balaban J connectivity index is 1.37. The molecule has 0 N–H and O–H groups in total. The highest BCUT2D eigenvalue weighted by Gasteiger charge is 2.47. The summed E-state index contributed by atoms with van der Waals surface area (Å²) in [7, 11) is 0. The fraction of sp³-hybridized carbons (Fsp3) is 0.211. The van der Waals surface area contributed by atoms with E-state index in [1.54, 1.807) is 24.3 Å². The number of esters is 1. The van der Waals surface area contributed by atoms with Gasteiger partial charge in [-0.2, -0.15) is 4.98 Å². The molecule has 1 fully saturated rings. The van der Waals surface area contributed by atoms with Crippen LogP contribution in [0.25, 0.3) is 11.4 Å². The van der Waals surface area contributed by atoms with Gasteiger partial charge in [-0.3, -0.25) is 4.79 Å². The molecule has 0 radical (unpaired) electrons. The number of nitrogens with zero attached hydrogens (tertiary/aromatic N) is 2. The number of hydrogen-bond donors (Lipinski definition) is 0. The minimum atomic E-state index is -0.654. The molecule has 3 aromatic rings. The lowest BCUT2D eigenvalue weighted by molar-refractivity contribution is -0.147. The molecule has 5 nitrogen and oxygen atoms in total. The fourth-order valence-electron chi connectivity index (χ4n) is 2.94. The summed E-state index contributed by atoms with van der Waals surface area (Å²) in [5.74, 6) is -2.51. The molecule has 1 aromatic heterocycles. The summed E-state index contributed by atoms with van der Waals surface area (Å²) < 4.78 is 37.8. The quantitative estimate of drug-likeness (QED) is 0.599. The van der Waals surface area contributed by atoms with E-state index in [4.69, 9.17) is 20.9 Å². The number of hydrogen-bond acceptors (Lipinski definition) is 5. The van der Waals surface area contributed by atoms with E-state index in [1.165, 1.54) is 18.2 Å². The van der Waals surface area contributed by atoms with Gasteiger partial charge in [0, 0.05) is 22.1 Å². The number of rotatable bonds is 5. The van der Waals surface area contributed by atoms with Gasteiger partial charge in [-0.25, -0.2) is 8.78 Å². The number of benzene rings is 2. The summed E-state index contributed by atoms with van der Waals surface area (Å²) in [5, 5.41) is 4.35. The van der Waals surface area contributed by atoms with Crippen LogP contribution in [0.1, 0.15) is 23.8 Å². The average Bonchev–Trinajstić information content (AvgIpc) is 3.27. The van der Waals surface area contributed by atoms with E-state index in [0.29, 0.717) is 22.8 Å². The molecule has 2 atom stereocenters. The van der Waals surface area contributed by atoms with Gasteiger partial charge >= 0.3 is 5.97 Å². The van der Waals surface area contributed by atoms with Crippen LogP contribution in [0.5, 0.6) is 0 Å². The summed E-state index contributed by atoms with van der Waals surface area (Å²) in [5.41, 5.74) is 0.599. The molecular formula is C19H13ClF2N2O3. The molecule has 0 spiro atoms. The van der Waals surface area contributed by atoms with Crippen LogP contribution in [0.15, 0.2) is 47.0 Å². The first-order chi connectivity index (χ1) is 13.0. The molecule has 1 heterocycles. The maximum absolute atomic E-state index is 13.8. The third kappa shape index (κ3) is 3.68. The van der Waals surface area contributed by atoms with Crippen LogP contribution in [0.4, 0.5) is 8.78 Å². The van der Waals surface area contributed by atoms with Crippen molar-refractivity contribution in [2.24, 2.45) is 5.92 Å². The Morgan fingerprint density at radius 3 is 2.70 bits per heavy atom. The molecule has 1 aliphatic rings. The Hall–Kier alpha value is -2.80. The van der Waals surface area contributed by atoms with Crippen LogP contribution in [-0.2, 0) is 16.1 Å². The van der Waals surface area contributed by atoms with Gasteiger partial charge < -0.3 is 9.26 Å². The molecule has 8 heteroatoms.